The number of aryl methyl sites for hydroxylation is 1. The Balaban J connectivity index is 2.33. The fourth-order valence-electron chi connectivity index (χ4n) is 1.81. The molecule has 20 heavy (non-hydrogen) atoms. The number of carbonyl (C=O) groups is 1. The summed E-state index contributed by atoms with van der Waals surface area (Å²) in [6.45, 7) is 4.18. The van der Waals surface area contributed by atoms with Gasteiger partial charge in [-0.1, -0.05) is 29.5 Å². The highest BCUT2D eigenvalue weighted by Gasteiger charge is 2.14. The molecule has 2 aromatic rings. The molecule has 0 saturated carbocycles. The molecule has 104 valence electrons. The zero-order chi connectivity index (χ0) is 14.5. The molecule has 0 radical (unpaired) electrons. The lowest BCUT2D eigenvalue weighted by Gasteiger charge is -2.10. The van der Waals surface area contributed by atoms with E-state index in [0.29, 0.717) is 17.9 Å². The van der Waals surface area contributed by atoms with E-state index in [2.05, 4.69) is 6.07 Å². The Morgan fingerprint density at radius 2 is 2.05 bits per heavy atom. The standard InChI is InChI=1S/C16H17NO2S/c1-3-19-16(18)14-10-12(17)7-8-15(14)20-13-6-4-5-11(2)9-13/h4-10H,3,17H2,1-2H3. The maximum atomic E-state index is 12.0. The maximum absolute atomic E-state index is 12.0. The number of nitrogen functional groups attached to an aromatic ring is 1. The molecule has 0 fully saturated rings. The fraction of sp³-hybridized carbons (Fsp3) is 0.188. The number of hydrogen-bond acceptors (Lipinski definition) is 4. The lowest BCUT2D eigenvalue weighted by Crippen LogP contribution is -2.06. The summed E-state index contributed by atoms with van der Waals surface area (Å²) >= 11 is 1.53. The molecule has 0 aliphatic carbocycles. The highest BCUT2D eigenvalue weighted by molar-refractivity contribution is 7.99. The highest BCUT2D eigenvalue weighted by atomic mass is 32.2. The molecule has 0 aliphatic heterocycles. The smallest absolute Gasteiger partial charge is 0.339 e. The second kappa shape index (κ2) is 6.48. The van der Waals surface area contributed by atoms with E-state index in [0.717, 1.165) is 9.79 Å². The molecule has 0 unspecified atom stereocenters. The number of benzene rings is 2. The van der Waals surface area contributed by atoms with Crippen LogP contribution < -0.4 is 5.73 Å². The van der Waals surface area contributed by atoms with Gasteiger partial charge in [-0.15, -0.1) is 0 Å². The third kappa shape index (κ3) is 3.54. The van der Waals surface area contributed by atoms with Crippen molar-refractivity contribution < 1.29 is 9.53 Å². The van der Waals surface area contributed by atoms with Gasteiger partial charge >= 0.3 is 5.97 Å². The van der Waals surface area contributed by atoms with E-state index in [1.807, 2.05) is 31.2 Å². The van der Waals surface area contributed by atoms with Crippen LogP contribution in [0.1, 0.15) is 22.8 Å². The van der Waals surface area contributed by atoms with Crippen LogP contribution in [0.15, 0.2) is 52.3 Å². The van der Waals surface area contributed by atoms with Crippen LogP contribution in [0.3, 0.4) is 0 Å². The van der Waals surface area contributed by atoms with Crippen molar-refractivity contribution in [1.82, 2.24) is 0 Å². The Bertz CT molecular complexity index is 626. The van der Waals surface area contributed by atoms with Crippen molar-refractivity contribution in [3.63, 3.8) is 0 Å². The summed E-state index contributed by atoms with van der Waals surface area (Å²) in [6, 6.07) is 13.4. The maximum Gasteiger partial charge on any atom is 0.339 e. The predicted molar refractivity (Wildman–Crippen MR) is 82.1 cm³/mol. The second-order valence-electron chi connectivity index (χ2n) is 4.39. The molecule has 0 bridgehead atoms. The summed E-state index contributed by atoms with van der Waals surface area (Å²) in [5.41, 5.74) is 8.01. The molecule has 0 aromatic heterocycles. The van der Waals surface area contributed by atoms with Crippen LogP contribution in [0, 0.1) is 6.92 Å². The van der Waals surface area contributed by atoms with Gasteiger partial charge in [-0.2, -0.15) is 0 Å². The van der Waals surface area contributed by atoms with Gasteiger partial charge in [0.15, 0.2) is 0 Å². The van der Waals surface area contributed by atoms with Gasteiger partial charge in [0.05, 0.1) is 12.2 Å². The number of ether oxygens (including phenoxy) is 1. The Labute approximate surface area is 123 Å². The topological polar surface area (TPSA) is 52.3 Å². The van der Waals surface area contributed by atoms with E-state index in [4.69, 9.17) is 10.5 Å². The molecule has 4 heteroatoms. The van der Waals surface area contributed by atoms with Crippen molar-refractivity contribution in [2.75, 3.05) is 12.3 Å². The molecule has 2 N–H and O–H groups in total. The quantitative estimate of drug-likeness (QED) is 0.684. The SMILES string of the molecule is CCOC(=O)c1cc(N)ccc1Sc1cccc(C)c1. The number of hydrogen-bond donors (Lipinski definition) is 1. The van der Waals surface area contributed by atoms with Crippen LogP contribution in [0.2, 0.25) is 0 Å². The molecule has 2 aromatic carbocycles. The Morgan fingerprint density at radius 3 is 2.75 bits per heavy atom. The molecule has 0 saturated heterocycles. The van der Waals surface area contributed by atoms with Gasteiger partial charge in [0.25, 0.3) is 0 Å². The number of nitrogens with two attached hydrogens (primary N) is 1. The molecular formula is C16H17NO2S. The zero-order valence-corrected chi connectivity index (χ0v) is 12.4. The molecule has 0 spiro atoms. The highest BCUT2D eigenvalue weighted by Crippen LogP contribution is 2.32. The summed E-state index contributed by atoms with van der Waals surface area (Å²) in [7, 11) is 0. The van der Waals surface area contributed by atoms with E-state index in [1.54, 1.807) is 19.1 Å². The number of carbonyl (C=O) groups excluding carboxylic acids is 1. The normalized spacial score (nSPS) is 10.3. The molecular weight excluding hydrogens is 270 g/mol. The lowest BCUT2D eigenvalue weighted by atomic mass is 10.2. The van der Waals surface area contributed by atoms with E-state index >= 15 is 0 Å². The monoisotopic (exact) mass is 287 g/mol. The van der Waals surface area contributed by atoms with Crippen LogP contribution in [0.5, 0.6) is 0 Å². The molecule has 2 rings (SSSR count). The van der Waals surface area contributed by atoms with Crippen LogP contribution in [-0.4, -0.2) is 12.6 Å². The number of esters is 1. The summed E-state index contributed by atoms with van der Waals surface area (Å²) in [6.07, 6.45) is 0. The van der Waals surface area contributed by atoms with Gasteiger partial charge in [-0.05, 0) is 44.2 Å². The summed E-state index contributed by atoms with van der Waals surface area (Å²) in [4.78, 5) is 13.9. The Kier molecular flexibility index (Phi) is 4.69. The van der Waals surface area contributed by atoms with Crippen LogP contribution in [0.25, 0.3) is 0 Å². The van der Waals surface area contributed by atoms with Crippen LogP contribution in [-0.2, 0) is 4.74 Å². The first-order valence-corrected chi connectivity index (χ1v) is 7.23. The van der Waals surface area contributed by atoms with Crippen molar-refractivity contribution in [2.45, 2.75) is 23.6 Å². The van der Waals surface area contributed by atoms with Crippen molar-refractivity contribution in [3.05, 3.63) is 53.6 Å². The Morgan fingerprint density at radius 1 is 1.25 bits per heavy atom. The first-order valence-electron chi connectivity index (χ1n) is 6.41. The van der Waals surface area contributed by atoms with Gasteiger partial charge in [-0.25, -0.2) is 4.79 Å². The average Bonchev–Trinajstić information content (AvgIpc) is 2.41. The van der Waals surface area contributed by atoms with Crippen molar-refractivity contribution >= 4 is 23.4 Å². The average molecular weight is 287 g/mol. The van der Waals surface area contributed by atoms with Crippen LogP contribution in [0.4, 0.5) is 5.69 Å². The Hall–Kier alpha value is -1.94. The number of rotatable bonds is 4. The van der Waals surface area contributed by atoms with Gasteiger partial charge < -0.3 is 10.5 Å². The van der Waals surface area contributed by atoms with Crippen molar-refractivity contribution in [3.8, 4) is 0 Å². The first-order chi connectivity index (χ1) is 9.60. The van der Waals surface area contributed by atoms with Crippen molar-refractivity contribution in [1.29, 1.82) is 0 Å². The number of anilines is 1. The summed E-state index contributed by atoms with van der Waals surface area (Å²) in [5.74, 6) is -0.338. The van der Waals surface area contributed by atoms with E-state index in [9.17, 15) is 4.79 Å². The second-order valence-corrected chi connectivity index (χ2v) is 5.51. The molecule has 0 atom stereocenters. The van der Waals surface area contributed by atoms with Gasteiger partial charge in [-0.3, -0.25) is 0 Å². The van der Waals surface area contributed by atoms with E-state index < -0.39 is 0 Å². The fourth-order valence-corrected chi connectivity index (χ4v) is 2.84. The molecule has 3 nitrogen and oxygen atoms in total. The van der Waals surface area contributed by atoms with Crippen LogP contribution >= 0.6 is 11.8 Å². The zero-order valence-electron chi connectivity index (χ0n) is 11.6. The lowest BCUT2D eigenvalue weighted by molar-refractivity contribution is 0.0522. The molecule has 0 aliphatic rings. The largest absolute Gasteiger partial charge is 0.462 e. The minimum atomic E-state index is -0.338. The molecule has 0 heterocycles. The minimum Gasteiger partial charge on any atom is -0.462 e. The third-order valence-electron chi connectivity index (χ3n) is 2.72. The van der Waals surface area contributed by atoms with Gasteiger partial charge in [0, 0.05) is 15.5 Å². The van der Waals surface area contributed by atoms with E-state index in [-0.39, 0.29) is 5.97 Å². The van der Waals surface area contributed by atoms with E-state index in [1.165, 1.54) is 17.3 Å². The summed E-state index contributed by atoms with van der Waals surface area (Å²) in [5, 5.41) is 0. The van der Waals surface area contributed by atoms with Gasteiger partial charge in [0.2, 0.25) is 0 Å². The van der Waals surface area contributed by atoms with Crippen molar-refractivity contribution in [2.24, 2.45) is 0 Å². The van der Waals surface area contributed by atoms with Gasteiger partial charge in [0.1, 0.15) is 0 Å². The first kappa shape index (κ1) is 14.5. The predicted octanol–water partition coefficient (Wildman–Crippen LogP) is 3.91. The third-order valence-corrected chi connectivity index (χ3v) is 3.78. The summed E-state index contributed by atoms with van der Waals surface area (Å²) < 4.78 is 5.08. The molecule has 0 amide bonds. The minimum absolute atomic E-state index is 0.338.